The predicted octanol–water partition coefficient (Wildman–Crippen LogP) is 3.53. The molecule has 18 heavy (non-hydrogen) atoms. The Morgan fingerprint density at radius 3 is 2.78 bits per heavy atom. The van der Waals surface area contributed by atoms with Gasteiger partial charge >= 0.3 is 6.20 Å². The molecule has 0 spiro atoms. The summed E-state index contributed by atoms with van der Waals surface area (Å²) in [5.74, 6) is -0.0596. The van der Waals surface area contributed by atoms with E-state index in [4.69, 9.17) is 10.1 Å². The van der Waals surface area contributed by atoms with Crippen molar-refractivity contribution in [3.8, 4) is 0 Å². The van der Waals surface area contributed by atoms with Crippen molar-refractivity contribution < 1.29 is 9.84 Å². The Bertz CT molecular complexity index is 673. The lowest BCUT2D eigenvalue weighted by molar-refractivity contribution is 0.318. The second-order valence-electron chi connectivity index (χ2n) is 4.25. The summed E-state index contributed by atoms with van der Waals surface area (Å²) in [4.78, 5) is 2.78. The Balaban J connectivity index is 1.89. The minimum absolute atomic E-state index is 0.0596. The van der Waals surface area contributed by atoms with Crippen molar-refractivity contribution in [1.29, 1.82) is 5.39 Å². The van der Waals surface area contributed by atoms with Crippen LogP contribution in [0.1, 0.15) is 11.7 Å². The third-order valence-electron chi connectivity index (χ3n) is 3.08. The van der Waals surface area contributed by atoms with Crippen LogP contribution in [-0.2, 0) is 4.74 Å². The van der Waals surface area contributed by atoms with Gasteiger partial charge in [0.1, 0.15) is 6.10 Å². The summed E-state index contributed by atoms with van der Waals surface area (Å²) < 4.78 is 5.38. The van der Waals surface area contributed by atoms with E-state index in [1.54, 1.807) is 0 Å². The molecule has 4 heteroatoms. The Labute approximate surface area is 104 Å². The van der Waals surface area contributed by atoms with E-state index in [2.05, 4.69) is 4.98 Å². The maximum Gasteiger partial charge on any atom is 0.390 e. The number of ether oxygens (including phenoxy) is 1. The van der Waals surface area contributed by atoms with Crippen molar-refractivity contribution in [1.82, 2.24) is 0 Å². The van der Waals surface area contributed by atoms with Gasteiger partial charge in [-0.1, -0.05) is 36.4 Å². The Hall–Kier alpha value is -2.38. The fourth-order valence-electron chi connectivity index (χ4n) is 2.11. The molecule has 2 atom stereocenters. The average Bonchev–Trinajstić information content (AvgIpc) is 3.19. The third-order valence-corrected chi connectivity index (χ3v) is 3.08. The van der Waals surface area contributed by atoms with Crippen molar-refractivity contribution in [3.05, 3.63) is 65.0 Å². The normalized spacial score (nSPS) is 22.7. The highest BCUT2D eigenvalue weighted by Crippen LogP contribution is 2.42. The van der Waals surface area contributed by atoms with Crippen LogP contribution in [0.3, 0.4) is 0 Å². The molecule has 1 heterocycles. The zero-order valence-electron chi connectivity index (χ0n) is 9.52. The van der Waals surface area contributed by atoms with Gasteiger partial charge in [-0.2, -0.15) is 0 Å². The van der Waals surface area contributed by atoms with E-state index in [1.807, 2.05) is 42.5 Å². The SMILES string of the molecule is N#[N+]C=C(O)C1OC1c1ccc2ccccc2c1. The third kappa shape index (κ3) is 1.81. The second kappa shape index (κ2) is 4.13. The van der Waals surface area contributed by atoms with E-state index >= 15 is 0 Å². The van der Waals surface area contributed by atoms with E-state index in [0.29, 0.717) is 0 Å². The summed E-state index contributed by atoms with van der Waals surface area (Å²) in [6.45, 7) is 0. The van der Waals surface area contributed by atoms with Crippen LogP contribution >= 0.6 is 0 Å². The minimum atomic E-state index is -0.401. The molecule has 2 aromatic carbocycles. The van der Waals surface area contributed by atoms with Gasteiger partial charge in [0.2, 0.25) is 11.2 Å². The van der Waals surface area contributed by atoms with Gasteiger partial charge in [-0.25, -0.2) is 0 Å². The number of fused-ring (bicyclic) bond motifs is 1. The van der Waals surface area contributed by atoms with Crippen LogP contribution in [0.15, 0.2) is 54.4 Å². The Morgan fingerprint density at radius 1 is 1.22 bits per heavy atom. The summed E-state index contributed by atoms with van der Waals surface area (Å²) in [6, 6.07) is 14.1. The summed E-state index contributed by atoms with van der Waals surface area (Å²) in [5.41, 5.74) is 1.01. The number of epoxide rings is 1. The predicted molar refractivity (Wildman–Crippen MR) is 67.4 cm³/mol. The molecule has 0 aromatic heterocycles. The molecule has 0 amide bonds. The summed E-state index contributed by atoms with van der Waals surface area (Å²) in [5, 5.41) is 20.2. The standard InChI is InChI=1S/C14H10N2O2/c15-16-8-12(17)14-13(18-14)11-6-5-9-3-1-2-4-10(9)7-11/h1-8,13-14H/p+1. The molecule has 88 valence electrons. The zero-order valence-corrected chi connectivity index (χ0v) is 9.52. The van der Waals surface area contributed by atoms with Gasteiger partial charge in [-0.05, 0) is 22.4 Å². The number of benzene rings is 2. The molecular formula is C14H11N2O2+. The fraction of sp³-hybridized carbons (Fsp3) is 0.143. The summed E-state index contributed by atoms with van der Waals surface area (Å²) >= 11 is 0. The van der Waals surface area contributed by atoms with E-state index in [1.165, 1.54) is 5.39 Å². The van der Waals surface area contributed by atoms with E-state index < -0.39 is 6.10 Å². The van der Waals surface area contributed by atoms with Crippen LogP contribution in [0.2, 0.25) is 0 Å². The molecule has 1 N–H and O–H groups in total. The maximum absolute atomic E-state index is 9.52. The number of nitrogens with zero attached hydrogens (tertiary/aromatic N) is 2. The number of diazo groups is 1. The lowest BCUT2D eigenvalue weighted by atomic mass is 10.0. The van der Waals surface area contributed by atoms with Gasteiger partial charge in [0.05, 0.1) is 0 Å². The number of aliphatic hydroxyl groups excluding tert-OH is 1. The smallest absolute Gasteiger partial charge is 0.390 e. The van der Waals surface area contributed by atoms with Gasteiger partial charge in [-0.3, -0.25) is 0 Å². The molecule has 0 saturated carbocycles. The van der Waals surface area contributed by atoms with Crippen LogP contribution in [0, 0.1) is 5.39 Å². The first-order valence-electron chi connectivity index (χ1n) is 5.67. The topological polar surface area (TPSA) is 60.9 Å². The van der Waals surface area contributed by atoms with Crippen molar-refractivity contribution in [2.75, 3.05) is 0 Å². The van der Waals surface area contributed by atoms with Crippen LogP contribution in [0.25, 0.3) is 15.7 Å². The summed E-state index contributed by atoms with van der Waals surface area (Å²) in [7, 11) is 0. The van der Waals surface area contributed by atoms with Crippen molar-refractivity contribution in [2.45, 2.75) is 12.2 Å². The van der Waals surface area contributed by atoms with Gasteiger partial charge < -0.3 is 9.84 Å². The zero-order chi connectivity index (χ0) is 12.5. The molecule has 0 radical (unpaired) electrons. The van der Waals surface area contributed by atoms with Crippen molar-refractivity contribution in [2.24, 2.45) is 0 Å². The van der Waals surface area contributed by atoms with Crippen LogP contribution < -0.4 is 0 Å². The van der Waals surface area contributed by atoms with Crippen molar-refractivity contribution >= 4 is 10.8 Å². The van der Waals surface area contributed by atoms with Gasteiger partial charge in [0, 0.05) is 0 Å². The molecule has 1 aliphatic heterocycles. The molecular weight excluding hydrogens is 228 g/mol. The molecule has 3 rings (SSSR count). The highest BCUT2D eigenvalue weighted by molar-refractivity contribution is 5.83. The molecule has 4 nitrogen and oxygen atoms in total. The molecule has 2 unspecified atom stereocenters. The van der Waals surface area contributed by atoms with E-state index in [0.717, 1.165) is 17.1 Å². The van der Waals surface area contributed by atoms with Crippen LogP contribution in [0.4, 0.5) is 0 Å². The highest BCUT2D eigenvalue weighted by Gasteiger charge is 2.45. The maximum atomic E-state index is 9.52. The van der Waals surface area contributed by atoms with Gasteiger partial charge in [-0.15, -0.1) is 0 Å². The largest absolute Gasteiger partial charge is 0.503 e. The number of hydrogen-bond donors (Lipinski definition) is 1. The average molecular weight is 239 g/mol. The molecule has 0 aliphatic carbocycles. The first-order chi connectivity index (χ1) is 8.79. The molecule has 1 fully saturated rings. The van der Waals surface area contributed by atoms with Crippen LogP contribution in [-0.4, -0.2) is 11.2 Å². The molecule has 1 saturated heterocycles. The molecule has 2 aromatic rings. The lowest BCUT2D eigenvalue weighted by Crippen LogP contribution is -1.93. The Kier molecular flexibility index (Phi) is 2.47. The van der Waals surface area contributed by atoms with E-state index in [-0.39, 0.29) is 11.9 Å². The van der Waals surface area contributed by atoms with Gasteiger partial charge in [0.15, 0.2) is 11.1 Å². The minimum Gasteiger partial charge on any atom is -0.503 e. The van der Waals surface area contributed by atoms with E-state index in [9.17, 15) is 5.11 Å². The lowest BCUT2D eigenvalue weighted by Gasteiger charge is -2.00. The number of hydrogen-bond acceptors (Lipinski definition) is 3. The highest BCUT2D eigenvalue weighted by atomic mass is 16.6. The number of rotatable bonds is 2. The first-order valence-corrected chi connectivity index (χ1v) is 5.67. The fourth-order valence-corrected chi connectivity index (χ4v) is 2.11. The van der Waals surface area contributed by atoms with Crippen molar-refractivity contribution in [3.63, 3.8) is 0 Å². The second-order valence-corrected chi connectivity index (χ2v) is 4.25. The number of aliphatic hydroxyl groups is 1. The van der Waals surface area contributed by atoms with Gasteiger partial charge in [0.25, 0.3) is 0 Å². The first kappa shape index (κ1) is 10.8. The monoisotopic (exact) mass is 239 g/mol. The summed E-state index contributed by atoms with van der Waals surface area (Å²) in [6.07, 6.45) is 0.431. The Morgan fingerprint density at radius 2 is 2.00 bits per heavy atom. The van der Waals surface area contributed by atoms with Crippen LogP contribution in [0.5, 0.6) is 0 Å². The molecule has 1 aliphatic rings. The quantitative estimate of drug-likeness (QED) is 0.495. The molecule has 0 bridgehead atoms.